The van der Waals surface area contributed by atoms with Gasteiger partial charge in [-0.1, -0.05) is 26.0 Å². The fourth-order valence-corrected chi connectivity index (χ4v) is 3.52. The van der Waals surface area contributed by atoms with Gasteiger partial charge in [-0.05, 0) is 42.5 Å². The van der Waals surface area contributed by atoms with Crippen LogP contribution in [0.5, 0.6) is 0 Å². The summed E-state index contributed by atoms with van der Waals surface area (Å²) in [6.45, 7) is 8.92. The van der Waals surface area contributed by atoms with Crippen LogP contribution >= 0.6 is 0 Å². The van der Waals surface area contributed by atoms with Crippen molar-refractivity contribution in [3.63, 3.8) is 0 Å². The highest BCUT2D eigenvalue weighted by Crippen LogP contribution is 2.42. The maximum absolute atomic E-state index is 11.1. The molecule has 1 heterocycles. The minimum absolute atomic E-state index is 0.0480. The number of nitrogens with one attached hydrogen (secondary N) is 2. The molecule has 1 aromatic carbocycles. The second-order valence-electron chi connectivity index (χ2n) is 7.59. The van der Waals surface area contributed by atoms with Crippen molar-refractivity contribution in [2.45, 2.75) is 53.1 Å². The molecule has 1 aliphatic carbocycles. The van der Waals surface area contributed by atoms with Gasteiger partial charge in [0.25, 0.3) is 0 Å². The van der Waals surface area contributed by atoms with Crippen molar-refractivity contribution in [2.75, 3.05) is 5.32 Å². The normalized spacial score (nSPS) is 18.9. The second-order valence-corrected chi connectivity index (χ2v) is 7.59. The Balaban J connectivity index is 1.68. The number of benzene rings is 1. The lowest BCUT2D eigenvalue weighted by molar-refractivity contribution is -0.114. The molecule has 0 aliphatic heterocycles. The highest BCUT2D eigenvalue weighted by Gasteiger charge is 2.34. The molecule has 24 heavy (non-hydrogen) atoms. The van der Waals surface area contributed by atoms with E-state index in [1.165, 1.54) is 18.1 Å². The van der Waals surface area contributed by atoms with Crippen molar-refractivity contribution in [2.24, 2.45) is 5.41 Å². The van der Waals surface area contributed by atoms with Gasteiger partial charge in [-0.15, -0.1) is 0 Å². The molecule has 128 valence electrons. The molecule has 2 aromatic rings. The van der Waals surface area contributed by atoms with Gasteiger partial charge in [0.2, 0.25) is 5.91 Å². The Morgan fingerprint density at radius 3 is 2.67 bits per heavy atom. The number of amides is 1. The Hall–Kier alpha value is -2.07. The first-order valence-corrected chi connectivity index (χ1v) is 8.51. The molecule has 1 unspecified atom stereocenters. The van der Waals surface area contributed by atoms with Gasteiger partial charge in [0, 0.05) is 37.2 Å². The Bertz CT molecular complexity index is 729. The quantitative estimate of drug-likeness (QED) is 0.878. The first-order valence-electron chi connectivity index (χ1n) is 8.51. The van der Waals surface area contributed by atoms with Crippen LogP contribution in [0.25, 0.3) is 0 Å². The molecule has 0 saturated heterocycles. The maximum atomic E-state index is 11.1. The summed E-state index contributed by atoms with van der Waals surface area (Å²) in [7, 11) is 0. The zero-order valence-electron chi connectivity index (χ0n) is 14.9. The predicted octanol–water partition coefficient (Wildman–Crippen LogP) is 4.35. The Labute approximate surface area is 143 Å². The number of hydrogen-bond donors (Lipinski definition) is 2. The lowest BCUT2D eigenvalue weighted by atomic mass is 9.74. The fraction of sp³-hybridized carbons (Fsp3) is 0.450. The van der Waals surface area contributed by atoms with Crippen LogP contribution < -0.4 is 10.6 Å². The summed E-state index contributed by atoms with van der Waals surface area (Å²) >= 11 is 0. The number of hydrogen-bond acceptors (Lipinski definition) is 3. The molecule has 0 fully saturated rings. The Morgan fingerprint density at radius 2 is 2.00 bits per heavy atom. The SMILES string of the molecule is CC(=O)Nc1ccc(CNC2CC(C)(C)Cc3oc(C)cc32)cc1. The first kappa shape index (κ1) is 16.8. The minimum atomic E-state index is -0.0480. The predicted molar refractivity (Wildman–Crippen MR) is 95.9 cm³/mol. The van der Waals surface area contributed by atoms with Crippen molar-refractivity contribution in [1.82, 2.24) is 5.32 Å². The van der Waals surface area contributed by atoms with E-state index in [0.29, 0.717) is 6.04 Å². The number of aryl methyl sites for hydroxylation is 1. The van der Waals surface area contributed by atoms with Crippen LogP contribution in [-0.2, 0) is 17.8 Å². The number of rotatable bonds is 4. The summed E-state index contributed by atoms with van der Waals surface area (Å²) in [5.41, 5.74) is 3.58. The van der Waals surface area contributed by atoms with Crippen LogP contribution in [0.4, 0.5) is 5.69 Å². The lowest BCUT2D eigenvalue weighted by Crippen LogP contribution is -2.32. The molecule has 4 heteroatoms. The summed E-state index contributed by atoms with van der Waals surface area (Å²) in [5, 5.41) is 6.47. The Morgan fingerprint density at radius 1 is 1.29 bits per heavy atom. The van der Waals surface area contributed by atoms with Crippen molar-refractivity contribution in [1.29, 1.82) is 0 Å². The third-order valence-corrected chi connectivity index (χ3v) is 4.56. The number of furan rings is 1. The van der Waals surface area contributed by atoms with E-state index < -0.39 is 0 Å². The second kappa shape index (κ2) is 6.44. The number of fused-ring (bicyclic) bond motifs is 1. The zero-order chi connectivity index (χ0) is 17.3. The zero-order valence-corrected chi connectivity index (χ0v) is 14.9. The molecule has 2 N–H and O–H groups in total. The van der Waals surface area contributed by atoms with Gasteiger partial charge in [0.15, 0.2) is 0 Å². The van der Waals surface area contributed by atoms with Gasteiger partial charge < -0.3 is 15.1 Å². The molecule has 0 saturated carbocycles. The summed E-state index contributed by atoms with van der Waals surface area (Å²) < 4.78 is 5.90. The number of carbonyl (C=O) groups excluding carboxylic acids is 1. The molecule has 0 radical (unpaired) electrons. The molecule has 0 spiro atoms. The van der Waals surface area contributed by atoms with Gasteiger partial charge in [0.1, 0.15) is 11.5 Å². The highest BCUT2D eigenvalue weighted by atomic mass is 16.3. The van der Waals surface area contributed by atoms with E-state index in [4.69, 9.17) is 4.42 Å². The number of carbonyl (C=O) groups is 1. The van der Waals surface area contributed by atoms with Gasteiger partial charge >= 0.3 is 0 Å². The summed E-state index contributed by atoms with van der Waals surface area (Å²) in [6, 6.07) is 10.5. The van der Waals surface area contributed by atoms with Crippen LogP contribution in [0.15, 0.2) is 34.7 Å². The molecule has 0 bridgehead atoms. The lowest BCUT2D eigenvalue weighted by Gasteiger charge is -2.35. The molecule has 3 rings (SSSR count). The fourth-order valence-electron chi connectivity index (χ4n) is 3.52. The average molecular weight is 326 g/mol. The maximum Gasteiger partial charge on any atom is 0.221 e. The van der Waals surface area contributed by atoms with Crippen LogP contribution in [0.1, 0.15) is 55.9 Å². The van der Waals surface area contributed by atoms with E-state index in [9.17, 15) is 4.79 Å². The molecule has 1 atom stereocenters. The summed E-state index contributed by atoms with van der Waals surface area (Å²) in [5.74, 6) is 2.07. The van der Waals surface area contributed by atoms with E-state index in [2.05, 4.69) is 30.5 Å². The Kier molecular flexibility index (Phi) is 4.50. The number of anilines is 1. The molecule has 1 aliphatic rings. The van der Waals surface area contributed by atoms with Crippen molar-refractivity contribution in [3.05, 3.63) is 53.0 Å². The van der Waals surface area contributed by atoms with Crippen LogP contribution in [0, 0.1) is 12.3 Å². The van der Waals surface area contributed by atoms with Crippen molar-refractivity contribution in [3.8, 4) is 0 Å². The van der Waals surface area contributed by atoms with E-state index in [1.54, 1.807) is 0 Å². The van der Waals surface area contributed by atoms with E-state index in [0.717, 1.165) is 36.6 Å². The van der Waals surface area contributed by atoms with Crippen LogP contribution in [0.2, 0.25) is 0 Å². The largest absolute Gasteiger partial charge is 0.466 e. The molecular weight excluding hydrogens is 300 g/mol. The van der Waals surface area contributed by atoms with Crippen LogP contribution in [0.3, 0.4) is 0 Å². The van der Waals surface area contributed by atoms with E-state index in [-0.39, 0.29) is 11.3 Å². The molecule has 4 nitrogen and oxygen atoms in total. The molecule has 1 amide bonds. The van der Waals surface area contributed by atoms with Crippen molar-refractivity contribution < 1.29 is 9.21 Å². The topological polar surface area (TPSA) is 54.3 Å². The van der Waals surface area contributed by atoms with Gasteiger partial charge in [0.05, 0.1) is 0 Å². The van der Waals surface area contributed by atoms with Gasteiger partial charge in [-0.25, -0.2) is 0 Å². The van der Waals surface area contributed by atoms with Crippen molar-refractivity contribution >= 4 is 11.6 Å². The van der Waals surface area contributed by atoms with E-state index in [1.807, 2.05) is 31.2 Å². The standard InChI is InChI=1S/C20H26N2O2/c1-13-9-17-18(10-20(3,4)11-19(17)24-13)21-12-15-5-7-16(8-6-15)22-14(2)23/h5-9,18,21H,10-12H2,1-4H3,(H,22,23). The third-order valence-electron chi connectivity index (χ3n) is 4.56. The highest BCUT2D eigenvalue weighted by molar-refractivity contribution is 5.88. The van der Waals surface area contributed by atoms with Gasteiger partial charge in [-0.2, -0.15) is 0 Å². The smallest absolute Gasteiger partial charge is 0.221 e. The third kappa shape index (κ3) is 3.88. The first-order chi connectivity index (χ1) is 11.3. The molecule has 1 aromatic heterocycles. The average Bonchev–Trinajstić information content (AvgIpc) is 2.84. The van der Waals surface area contributed by atoms with Crippen LogP contribution in [-0.4, -0.2) is 5.91 Å². The summed E-state index contributed by atoms with van der Waals surface area (Å²) in [4.78, 5) is 11.1. The molecular formula is C20H26N2O2. The summed E-state index contributed by atoms with van der Waals surface area (Å²) in [6.07, 6.45) is 2.10. The van der Waals surface area contributed by atoms with Gasteiger partial charge in [-0.3, -0.25) is 4.79 Å². The van der Waals surface area contributed by atoms with E-state index >= 15 is 0 Å². The minimum Gasteiger partial charge on any atom is -0.466 e. The monoisotopic (exact) mass is 326 g/mol.